The van der Waals surface area contributed by atoms with Crippen LogP contribution in [0.5, 0.6) is 0 Å². The molecule has 0 aliphatic carbocycles. The highest BCUT2D eigenvalue weighted by Gasteiger charge is 2.33. The molecule has 144 valence electrons. The number of benzene rings is 1. The molecule has 0 bridgehead atoms. The third-order valence-electron chi connectivity index (χ3n) is 3.95. The van der Waals surface area contributed by atoms with Crippen LogP contribution in [-0.4, -0.2) is 47.6 Å². The summed E-state index contributed by atoms with van der Waals surface area (Å²) < 4.78 is 43.6. The highest BCUT2D eigenvalue weighted by molar-refractivity contribution is 5.77. The fourth-order valence-electron chi connectivity index (χ4n) is 2.85. The van der Waals surface area contributed by atoms with Gasteiger partial charge in [0.15, 0.2) is 0 Å². The van der Waals surface area contributed by atoms with Gasteiger partial charge >= 0.3 is 6.18 Å². The van der Waals surface area contributed by atoms with Gasteiger partial charge in [-0.3, -0.25) is 14.9 Å². The molecule has 1 aromatic rings. The molecule has 10 heteroatoms. The number of ether oxygens (including phenoxy) is 1. The molecule has 0 saturated carbocycles. The first-order valence-electron chi connectivity index (χ1n) is 8.10. The highest BCUT2D eigenvalue weighted by Crippen LogP contribution is 2.34. The maximum atomic E-state index is 12.7. The van der Waals surface area contributed by atoms with E-state index in [1.165, 1.54) is 0 Å². The summed E-state index contributed by atoms with van der Waals surface area (Å²) in [6.07, 6.45) is -4.75. The zero-order chi connectivity index (χ0) is 19.5. The predicted molar refractivity (Wildman–Crippen MR) is 87.8 cm³/mol. The number of anilines is 1. The topological polar surface area (TPSA) is 84.7 Å². The molecule has 1 aliphatic heterocycles. The van der Waals surface area contributed by atoms with Gasteiger partial charge in [-0.25, -0.2) is 0 Å². The van der Waals surface area contributed by atoms with Crippen molar-refractivity contribution in [1.29, 1.82) is 0 Å². The van der Waals surface area contributed by atoms with Gasteiger partial charge in [0, 0.05) is 32.1 Å². The van der Waals surface area contributed by atoms with Gasteiger partial charge in [0.2, 0.25) is 5.91 Å². The summed E-state index contributed by atoms with van der Waals surface area (Å²) in [7, 11) is 0. The van der Waals surface area contributed by atoms with E-state index >= 15 is 0 Å². The maximum Gasteiger partial charge on any atom is 0.416 e. The van der Waals surface area contributed by atoms with Crippen molar-refractivity contribution in [3.8, 4) is 0 Å². The second kappa shape index (κ2) is 7.90. The quantitative estimate of drug-likeness (QED) is 0.632. The molecule has 0 radical (unpaired) electrons. The summed E-state index contributed by atoms with van der Waals surface area (Å²) in [5.74, 6) is -0.144. The van der Waals surface area contributed by atoms with E-state index in [0.29, 0.717) is 19.2 Å². The number of carbonyl (C=O) groups is 1. The minimum atomic E-state index is -4.66. The molecule has 26 heavy (non-hydrogen) atoms. The van der Waals surface area contributed by atoms with Gasteiger partial charge in [0.05, 0.1) is 22.7 Å². The van der Waals surface area contributed by atoms with Gasteiger partial charge in [-0.1, -0.05) is 0 Å². The summed E-state index contributed by atoms with van der Waals surface area (Å²) >= 11 is 0. The fraction of sp³-hybridized carbons (Fsp3) is 0.562. The van der Waals surface area contributed by atoms with Gasteiger partial charge in [0.25, 0.3) is 5.69 Å². The number of alkyl halides is 3. The second-order valence-electron chi connectivity index (χ2n) is 6.22. The van der Waals surface area contributed by atoms with Crippen LogP contribution in [0, 0.1) is 10.1 Å². The van der Waals surface area contributed by atoms with Crippen molar-refractivity contribution in [2.24, 2.45) is 0 Å². The molecule has 1 N–H and O–H groups in total. The first kappa shape index (κ1) is 20.0. The molecule has 1 amide bonds. The lowest BCUT2D eigenvalue weighted by molar-refractivity contribution is -0.384. The lowest BCUT2D eigenvalue weighted by Gasteiger charge is -2.35. The van der Waals surface area contributed by atoms with Crippen molar-refractivity contribution >= 4 is 17.3 Å². The van der Waals surface area contributed by atoms with E-state index in [2.05, 4.69) is 5.32 Å². The Morgan fingerprint density at radius 2 is 1.96 bits per heavy atom. The largest absolute Gasteiger partial charge is 0.416 e. The SMILES string of the molecule is CC1CN(C(=O)CCNc2ccc(C(F)(F)F)cc2[N+](=O)[O-])CC(C)O1. The van der Waals surface area contributed by atoms with Crippen molar-refractivity contribution in [2.45, 2.75) is 38.7 Å². The number of amides is 1. The van der Waals surface area contributed by atoms with Crippen LogP contribution in [0.25, 0.3) is 0 Å². The molecule has 1 saturated heterocycles. The van der Waals surface area contributed by atoms with E-state index in [-0.39, 0.29) is 36.8 Å². The van der Waals surface area contributed by atoms with Crippen LogP contribution in [0.15, 0.2) is 18.2 Å². The summed E-state index contributed by atoms with van der Waals surface area (Å²) in [6, 6.07) is 2.25. The smallest absolute Gasteiger partial charge is 0.379 e. The molecular formula is C16H20F3N3O4. The Bertz CT molecular complexity index is 671. The van der Waals surface area contributed by atoms with Crippen molar-refractivity contribution < 1.29 is 27.6 Å². The summed E-state index contributed by atoms with van der Waals surface area (Å²) in [5.41, 5.74) is -1.83. The van der Waals surface area contributed by atoms with Crippen molar-refractivity contribution in [3.63, 3.8) is 0 Å². The summed E-state index contributed by atoms with van der Waals surface area (Å²) in [4.78, 5) is 24.0. The third kappa shape index (κ3) is 5.07. The molecule has 1 fully saturated rings. The number of nitro groups is 1. The van der Waals surface area contributed by atoms with Gasteiger partial charge in [-0.15, -0.1) is 0 Å². The Morgan fingerprint density at radius 3 is 2.50 bits per heavy atom. The number of carbonyl (C=O) groups excluding carboxylic acids is 1. The number of rotatable bonds is 5. The van der Waals surface area contributed by atoms with E-state index in [4.69, 9.17) is 4.74 Å². The van der Waals surface area contributed by atoms with Gasteiger partial charge in [-0.2, -0.15) is 13.2 Å². The third-order valence-corrected chi connectivity index (χ3v) is 3.95. The Hall–Kier alpha value is -2.36. The molecule has 7 nitrogen and oxygen atoms in total. The number of morpholine rings is 1. The fourth-order valence-corrected chi connectivity index (χ4v) is 2.85. The van der Waals surface area contributed by atoms with Crippen LogP contribution < -0.4 is 5.32 Å². The second-order valence-corrected chi connectivity index (χ2v) is 6.22. The van der Waals surface area contributed by atoms with Crippen LogP contribution in [0.3, 0.4) is 0 Å². The standard InChI is InChI=1S/C16H20F3N3O4/c1-10-8-21(9-11(2)26-10)15(23)5-6-20-13-4-3-12(16(17,18)19)7-14(13)22(24)25/h3-4,7,10-11,20H,5-6,8-9H2,1-2H3. The Morgan fingerprint density at radius 1 is 1.35 bits per heavy atom. The lowest BCUT2D eigenvalue weighted by Crippen LogP contribution is -2.48. The molecule has 1 aliphatic rings. The highest BCUT2D eigenvalue weighted by atomic mass is 19.4. The Labute approximate surface area is 148 Å². The van der Waals surface area contributed by atoms with Gasteiger partial charge in [-0.05, 0) is 26.0 Å². The summed E-state index contributed by atoms with van der Waals surface area (Å²) in [6.45, 7) is 4.72. The Balaban J connectivity index is 1.98. The number of nitro benzene ring substituents is 1. The normalized spacial score (nSPS) is 20.7. The van der Waals surface area contributed by atoms with Crippen LogP contribution in [0.4, 0.5) is 24.5 Å². The Kier molecular flexibility index (Phi) is 6.06. The van der Waals surface area contributed by atoms with Gasteiger partial charge in [0.1, 0.15) is 5.69 Å². The van der Waals surface area contributed by atoms with Crippen molar-refractivity contribution in [1.82, 2.24) is 4.90 Å². The van der Waals surface area contributed by atoms with E-state index in [1.54, 1.807) is 4.90 Å². The van der Waals surface area contributed by atoms with Crippen LogP contribution in [-0.2, 0) is 15.7 Å². The molecule has 2 unspecified atom stereocenters. The van der Waals surface area contributed by atoms with E-state index in [1.807, 2.05) is 13.8 Å². The monoisotopic (exact) mass is 375 g/mol. The molecule has 2 atom stereocenters. The first-order chi connectivity index (χ1) is 12.1. The van der Waals surface area contributed by atoms with E-state index in [9.17, 15) is 28.1 Å². The van der Waals surface area contributed by atoms with Crippen molar-refractivity contribution in [3.05, 3.63) is 33.9 Å². The maximum absolute atomic E-state index is 12.7. The number of nitrogens with one attached hydrogen (secondary N) is 1. The molecular weight excluding hydrogens is 355 g/mol. The number of halogens is 3. The van der Waals surface area contributed by atoms with Gasteiger partial charge < -0.3 is 15.0 Å². The predicted octanol–water partition coefficient (Wildman–Crippen LogP) is 3.05. The van der Waals surface area contributed by atoms with Crippen molar-refractivity contribution in [2.75, 3.05) is 25.0 Å². The number of nitrogens with zero attached hydrogens (tertiary/aromatic N) is 2. The summed E-state index contributed by atoms with van der Waals surface area (Å²) in [5, 5.41) is 13.7. The number of hydrogen-bond donors (Lipinski definition) is 1. The lowest BCUT2D eigenvalue weighted by atomic mass is 10.1. The average molecular weight is 375 g/mol. The molecule has 0 spiro atoms. The molecule has 1 aromatic carbocycles. The molecule has 2 rings (SSSR count). The molecule has 0 aromatic heterocycles. The van der Waals surface area contributed by atoms with Crippen LogP contribution >= 0.6 is 0 Å². The molecule has 1 heterocycles. The van der Waals surface area contributed by atoms with Crippen LogP contribution in [0.1, 0.15) is 25.8 Å². The minimum Gasteiger partial charge on any atom is -0.379 e. The average Bonchev–Trinajstić information content (AvgIpc) is 2.52. The van der Waals surface area contributed by atoms with E-state index < -0.39 is 22.4 Å². The first-order valence-corrected chi connectivity index (χ1v) is 8.10. The zero-order valence-electron chi connectivity index (χ0n) is 14.4. The van der Waals surface area contributed by atoms with Crippen LogP contribution in [0.2, 0.25) is 0 Å². The zero-order valence-corrected chi connectivity index (χ0v) is 14.4. The minimum absolute atomic E-state index is 0.0560. The van der Waals surface area contributed by atoms with E-state index in [0.717, 1.165) is 12.1 Å². The number of hydrogen-bond acceptors (Lipinski definition) is 5.